The Balaban J connectivity index is 3.84. The number of rotatable bonds is 9. The van der Waals surface area contributed by atoms with Crippen LogP contribution in [0.1, 0.15) is 46.5 Å². The first-order chi connectivity index (χ1) is 7.35. The van der Waals surface area contributed by atoms with E-state index in [0.717, 1.165) is 31.7 Å². The minimum Gasteiger partial charge on any atom is -0.314 e. The molecule has 0 aromatic carbocycles. The van der Waals surface area contributed by atoms with Crippen molar-refractivity contribution < 1.29 is 8.42 Å². The normalized spacial score (nSPS) is 14.3. The van der Waals surface area contributed by atoms with E-state index in [9.17, 15) is 8.42 Å². The highest BCUT2D eigenvalue weighted by Crippen LogP contribution is 2.11. The molecular weight excluding hydrogens is 222 g/mol. The predicted molar refractivity (Wildman–Crippen MR) is 70.5 cm³/mol. The van der Waals surface area contributed by atoms with Crippen LogP contribution < -0.4 is 5.32 Å². The van der Waals surface area contributed by atoms with Gasteiger partial charge in [0.15, 0.2) is 0 Å². The van der Waals surface area contributed by atoms with Crippen LogP contribution in [0.5, 0.6) is 0 Å². The van der Waals surface area contributed by atoms with Crippen LogP contribution in [0, 0.1) is 5.92 Å². The summed E-state index contributed by atoms with van der Waals surface area (Å²) in [6.45, 7) is 7.50. The minimum absolute atomic E-state index is 0.316. The predicted octanol–water partition coefficient (Wildman–Crippen LogP) is 2.23. The lowest BCUT2D eigenvalue weighted by Gasteiger charge is -2.18. The Morgan fingerprint density at radius 2 is 1.75 bits per heavy atom. The van der Waals surface area contributed by atoms with Crippen molar-refractivity contribution >= 4 is 9.84 Å². The van der Waals surface area contributed by atoms with Gasteiger partial charge in [0.05, 0.1) is 0 Å². The standard InChI is InChI=1S/C12H27NO2S/c1-5-13-12(9-8-11(2)3)7-6-10-16(4,14)15/h11-13H,5-10H2,1-4H3. The van der Waals surface area contributed by atoms with Crippen molar-refractivity contribution in [1.29, 1.82) is 0 Å². The molecule has 0 heterocycles. The van der Waals surface area contributed by atoms with Crippen molar-refractivity contribution in [2.24, 2.45) is 5.92 Å². The maximum atomic E-state index is 11.0. The average Bonchev–Trinajstić information content (AvgIpc) is 2.12. The molecular formula is C12H27NO2S. The molecule has 0 rings (SSSR count). The molecule has 1 unspecified atom stereocenters. The molecule has 1 N–H and O–H groups in total. The van der Waals surface area contributed by atoms with Crippen molar-refractivity contribution in [2.75, 3.05) is 18.6 Å². The highest BCUT2D eigenvalue weighted by molar-refractivity contribution is 7.90. The van der Waals surface area contributed by atoms with Gasteiger partial charge >= 0.3 is 0 Å². The molecule has 0 saturated heterocycles. The summed E-state index contributed by atoms with van der Waals surface area (Å²) < 4.78 is 22.0. The Labute approximate surface area is 101 Å². The third-order valence-electron chi connectivity index (χ3n) is 2.65. The largest absolute Gasteiger partial charge is 0.314 e. The fourth-order valence-corrected chi connectivity index (χ4v) is 2.45. The van der Waals surface area contributed by atoms with Gasteiger partial charge in [0.1, 0.15) is 9.84 Å². The summed E-state index contributed by atoms with van der Waals surface area (Å²) in [4.78, 5) is 0. The summed E-state index contributed by atoms with van der Waals surface area (Å²) in [7, 11) is -2.79. The first-order valence-electron chi connectivity index (χ1n) is 6.26. The number of nitrogens with one attached hydrogen (secondary N) is 1. The molecule has 0 amide bonds. The van der Waals surface area contributed by atoms with E-state index in [2.05, 4.69) is 26.1 Å². The Kier molecular flexibility index (Phi) is 8.02. The van der Waals surface area contributed by atoms with Gasteiger partial charge in [-0.25, -0.2) is 8.42 Å². The quantitative estimate of drug-likeness (QED) is 0.681. The van der Waals surface area contributed by atoms with E-state index >= 15 is 0 Å². The second-order valence-electron chi connectivity index (χ2n) is 5.00. The van der Waals surface area contributed by atoms with Gasteiger partial charge in [0.25, 0.3) is 0 Å². The zero-order chi connectivity index (χ0) is 12.6. The Morgan fingerprint density at radius 1 is 1.12 bits per heavy atom. The lowest BCUT2D eigenvalue weighted by Crippen LogP contribution is -2.29. The second-order valence-corrected chi connectivity index (χ2v) is 7.26. The monoisotopic (exact) mass is 249 g/mol. The summed E-state index contributed by atoms with van der Waals surface area (Å²) in [5.74, 6) is 1.03. The highest BCUT2D eigenvalue weighted by atomic mass is 32.2. The second kappa shape index (κ2) is 8.07. The SMILES string of the molecule is CCNC(CCCS(C)(=O)=O)CCC(C)C. The van der Waals surface area contributed by atoms with E-state index < -0.39 is 9.84 Å². The molecule has 0 aliphatic heterocycles. The van der Waals surface area contributed by atoms with Gasteiger partial charge in [-0.2, -0.15) is 0 Å². The van der Waals surface area contributed by atoms with Crippen LogP contribution in [0.2, 0.25) is 0 Å². The van der Waals surface area contributed by atoms with E-state index in [1.54, 1.807) is 0 Å². The van der Waals surface area contributed by atoms with Gasteiger partial charge < -0.3 is 5.32 Å². The summed E-state index contributed by atoms with van der Waals surface area (Å²) in [6.07, 6.45) is 5.40. The molecule has 1 atom stereocenters. The third-order valence-corrected chi connectivity index (χ3v) is 3.68. The topological polar surface area (TPSA) is 46.2 Å². The lowest BCUT2D eigenvalue weighted by molar-refractivity contribution is 0.414. The van der Waals surface area contributed by atoms with Gasteiger partial charge in [-0.1, -0.05) is 20.8 Å². The van der Waals surface area contributed by atoms with Crippen LogP contribution >= 0.6 is 0 Å². The van der Waals surface area contributed by atoms with Crippen molar-refractivity contribution in [3.8, 4) is 0 Å². The van der Waals surface area contributed by atoms with Crippen molar-refractivity contribution in [3.05, 3.63) is 0 Å². The van der Waals surface area contributed by atoms with Crippen LogP contribution in [0.25, 0.3) is 0 Å². The fraction of sp³-hybridized carbons (Fsp3) is 1.00. The van der Waals surface area contributed by atoms with Crippen LogP contribution in [0.15, 0.2) is 0 Å². The zero-order valence-corrected chi connectivity index (χ0v) is 11.9. The molecule has 0 fully saturated rings. The van der Waals surface area contributed by atoms with E-state index in [4.69, 9.17) is 0 Å². The number of hydrogen-bond acceptors (Lipinski definition) is 3. The first-order valence-corrected chi connectivity index (χ1v) is 8.32. The Hall–Kier alpha value is -0.0900. The van der Waals surface area contributed by atoms with Gasteiger partial charge in [0, 0.05) is 18.1 Å². The summed E-state index contributed by atoms with van der Waals surface area (Å²) in [6, 6.07) is 0.481. The molecule has 0 aromatic heterocycles. The Bertz CT molecular complexity index is 260. The van der Waals surface area contributed by atoms with E-state index in [1.165, 1.54) is 12.7 Å². The summed E-state index contributed by atoms with van der Waals surface area (Å²) in [5.41, 5.74) is 0. The molecule has 4 heteroatoms. The summed E-state index contributed by atoms with van der Waals surface area (Å²) in [5, 5.41) is 3.43. The Morgan fingerprint density at radius 3 is 2.19 bits per heavy atom. The molecule has 0 saturated carbocycles. The van der Waals surface area contributed by atoms with Crippen LogP contribution in [-0.4, -0.2) is 33.0 Å². The smallest absolute Gasteiger partial charge is 0.147 e. The van der Waals surface area contributed by atoms with Crippen LogP contribution in [0.4, 0.5) is 0 Å². The van der Waals surface area contributed by atoms with E-state index in [0.29, 0.717) is 11.8 Å². The maximum absolute atomic E-state index is 11.0. The number of sulfone groups is 1. The highest BCUT2D eigenvalue weighted by Gasteiger charge is 2.10. The number of hydrogen-bond donors (Lipinski definition) is 1. The van der Waals surface area contributed by atoms with Crippen LogP contribution in [0.3, 0.4) is 0 Å². The molecule has 16 heavy (non-hydrogen) atoms. The molecule has 0 aliphatic rings. The van der Waals surface area contributed by atoms with Crippen molar-refractivity contribution in [1.82, 2.24) is 5.32 Å². The molecule has 98 valence electrons. The molecule has 0 aliphatic carbocycles. The fourth-order valence-electron chi connectivity index (χ4n) is 1.76. The molecule has 0 bridgehead atoms. The molecule has 0 spiro atoms. The summed E-state index contributed by atoms with van der Waals surface area (Å²) >= 11 is 0. The van der Waals surface area contributed by atoms with Gasteiger partial charge in [-0.05, 0) is 38.1 Å². The molecule has 0 radical (unpaired) electrons. The third kappa shape index (κ3) is 10.4. The van der Waals surface area contributed by atoms with Crippen LogP contribution in [-0.2, 0) is 9.84 Å². The van der Waals surface area contributed by atoms with Crippen molar-refractivity contribution in [3.63, 3.8) is 0 Å². The van der Waals surface area contributed by atoms with E-state index in [1.807, 2.05) is 0 Å². The molecule has 3 nitrogen and oxygen atoms in total. The maximum Gasteiger partial charge on any atom is 0.147 e. The van der Waals surface area contributed by atoms with Gasteiger partial charge in [0.2, 0.25) is 0 Å². The van der Waals surface area contributed by atoms with Gasteiger partial charge in [-0.3, -0.25) is 0 Å². The van der Waals surface area contributed by atoms with Crippen molar-refractivity contribution in [2.45, 2.75) is 52.5 Å². The average molecular weight is 249 g/mol. The van der Waals surface area contributed by atoms with Gasteiger partial charge in [-0.15, -0.1) is 0 Å². The lowest BCUT2D eigenvalue weighted by atomic mass is 10.0. The van der Waals surface area contributed by atoms with E-state index in [-0.39, 0.29) is 0 Å². The first kappa shape index (κ1) is 15.9. The molecule has 0 aromatic rings. The minimum atomic E-state index is -2.79. The zero-order valence-electron chi connectivity index (χ0n) is 11.1.